The summed E-state index contributed by atoms with van der Waals surface area (Å²) in [7, 11) is 0. The molecule has 2 N–H and O–H groups in total. The second kappa shape index (κ2) is 5.65. The highest BCUT2D eigenvalue weighted by molar-refractivity contribution is 6.30. The van der Waals surface area contributed by atoms with Crippen LogP contribution in [0.25, 0.3) is 0 Å². The van der Waals surface area contributed by atoms with Gasteiger partial charge in [-0.05, 0) is 12.8 Å². The SMILES string of the molecule is OCC1(CNc2ncc(Cl)cn2)CCCCC1. The predicted octanol–water partition coefficient (Wildman–Crippen LogP) is 2.48. The molecule has 0 saturated heterocycles. The highest BCUT2D eigenvalue weighted by Crippen LogP contribution is 2.35. The Hall–Kier alpha value is -0.870. The van der Waals surface area contributed by atoms with Gasteiger partial charge in [0.05, 0.1) is 24.0 Å². The van der Waals surface area contributed by atoms with Crippen molar-refractivity contribution in [3.63, 3.8) is 0 Å². The Kier molecular flexibility index (Phi) is 4.18. The van der Waals surface area contributed by atoms with Crippen LogP contribution in [0.2, 0.25) is 5.02 Å². The van der Waals surface area contributed by atoms with Gasteiger partial charge in [0.25, 0.3) is 0 Å². The van der Waals surface area contributed by atoms with Gasteiger partial charge in [-0.3, -0.25) is 0 Å². The van der Waals surface area contributed by atoms with Crippen molar-refractivity contribution in [1.82, 2.24) is 9.97 Å². The maximum Gasteiger partial charge on any atom is 0.222 e. The van der Waals surface area contributed by atoms with Crippen LogP contribution in [0, 0.1) is 5.41 Å². The Morgan fingerprint density at radius 2 is 1.88 bits per heavy atom. The smallest absolute Gasteiger partial charge is 0.222 e. The maximum atomic E-state index is 9.56. The lowest BCUT2D eigenvalue weighted by atomic mass is 9.74. The van der Waals surface area contributed by atoms with Crippen LogP contribution in [0.15, 0.2) is 12.4 Å². The quantitative estimate of drug-likeness (QED) is 0.868. The zero-order chi connectivity index (χ0) is 12.1. The minimum absolute atomic E-state index is 0.00124. The monoisotopic (exact) mass is 255 g/mol. The minimum atomic E-state index is 0.00124. The van der Waals surface area contributed by atoms with Gasteiger partial charge in [-0.15, -0.1) is 0 Å². The molecule has 0 aromatic carbocycles. The first-order valence-corrected chi connectivity index (χ1v) is 6.44. The van der Waals surface area contributed by atoms with Crippen molar-refractivity contribution in [2.24, 2.45) is 5.41 Å². The lowest BCUT2D eigenvalue weighted by Crippen LogP contribution is -2.35. The molecular formula is C12H18ClN3O. The Labute approximate surface area is 106 Å². The number of aliphatic hydroxyl groups is 1. The van der Waals surface area contributed by atoms with E-state index in [0.717, 1.165) is 19.4 Å². The van der Waals surface area contributed by atoms with Gasteiger partial charge in [-0.2, -0.15) is 0 Å². The largest absolute Gasteiger partial charge is 0.396 e. The Bertz CT molecular complexity index is 349. The molecule has 1 saturated carbocycles. The number of nitrogens with one attached hydrogen (secondary N) is 1. The number of rotatable bonds is 4. The molecule has 94 valence electrons. The predicted molar refractivity (Wildman–Crippen MR) is 68.1 cm³/mol. The van der Waals surface area contributed by atoms with E-state index in [0.29, 0.717) is 11.0 Å². The summed E-state index contributed by atoms with van der Waals surface area (Å²) in [5.74, 6) is 0.577. The van der Waals surface area contributed by atoms with Gasteiger partial charge in [-0.1, -0.05) is 30.9 Å². The zero-order valence-electron chi connectivity index (χ0n) is 9.82. The first-order valence-electron chi connectivity index (χ1n) is 6.06. The molecule has 1 aliphatic rings. The zero-order valence-corrected chi connectivity index (χ0v) is 10.6. The Balaban J connectivity index is 1.93. The average Bonchev–Trinajstić information content (AvgIpc) is 2.39. The molecular weight excluding hydrogens is 238 g/mol. The Morgan fingerprint density at radius 1 is 1.24 bits per heavy atom. The molecule has 1 aliphatic carbocycles. The van der Waals surface area contributed by atoms with E-state index in [9.17, 15) is 5.11 Å². The summed E-state index contributed by atoms with van der Waals surface area (Å²) in [6, 6.07) is 0. The summed E-state index contributed by atoms with van der Waals surface area (Å²) in [4.78, 5) is 8.18. The number of nitrogens with zero attached hydrogens (tertiary/aromatic N) is 2. The molecule has 5 heteroatoms. The summed E-state index contributed by atoms with van der Waals surface area (Å²) >= 11 is 5.72. The molecule has 1 fully saturated rings. The minimum Gasteiger partial charge on any atom is -0.396 e. The number of hydrogen-bond acceptors (Lipinski definition) is 4. The molecule has 2 rings (SSSR count). The van der Waals surface area contributed by atoms with Gasteiger partial charge in [-0.25, -0.2) is 9.97 Å². The maximum absolute atomic E-state index is 9.56. The van der Waals surface area contributed by atoms with E-state index in [-0.39, 0.29) is 12.0 Å². The van der Waals surface area contributed by atoms with Crippen molar-refractivity contribution in [3.05, 3.63) is 17.4 Å². The van der Waals surface area contributed by atoms with Crippen molar-refractivity contribution in [3.8, 4) is 0 Å². The van der Waals surface area contributed by atoms with Crippen LogP contribution < -0.4 is 5.32 Å². The molecule has 0 atom stereocenters. The molecule has 0 spiro atoms. The number of aliphatic hydroxyl groups excluding tert-OH is 1. The second-order valence-corrected chi connectivity index (χ2v) is 5.23. The fourth-order valence-electron chi connectivity index (χ4n) is 2.36. The third-order valence-corrected chi connectivity index (χ3v) is 3.69. The standard InChI is InChI=1S/C12H18ClN3O/c13-10-6-14-11(15-7-10)16-8-12(9-17)4-2-1-3-5-12/h6-7,17H,1-5,8-9H2,(H,14,15,16). The lowest BCUT2D eigenvalue weighted by Gasteiger charge is -2.35. The van der Waals surface area contributed by atoms with Crippen LogP contribution in [0.1, 0.15) is 32.1 Å². The number of halogens is 1. The summed E-state index contributed by atoms with van der Waals surface area (Å²) in [6.45, 7) is 0.957. The molecule has 1 aromatic rings. The lowest BCUT2D eigenvalue weighted by molar-refractivity contribution is 0.0942. The van der Waals surface area contributed by atoms with E-state index < -0.39 is 0 Å². The first-order chi connectivity index (χ1) is 8.24. The van der Waals surface area contributed by atoms with Gasteiger partial charge < -0.3 is 10.4 Å². The fraction of sp³-hybridized carbons (Fsp3) is 0.667. The van der Waals surface area contributed by atoms with Gasteiger partial charge in [0, 0.05) is 12.0 Å². The van der Waals surface area contributed by atoms with Crippen LogP contribution in [0.5, 0.6) is 0 Å². The summed E-state index contributed by atoms with van der Waals surface area (Å²) in [5.41, 5.74) is 0.00124. The van der Waals surface area contributed by atoms with Gasteiger partial charge in [0.15, 0.2) is 0 Å². The molecule has 0 aliphatic heterocycles. The highest BCUT2D eigenvalue weighted by Gasteiger charge is 2.31. The van der Waals surface area contributed by atoms with Crippen LogP contribution in [-0.4, -0.2) is 28.2 Å². The molecule has 0 amide bonds. The third kappa shape index (κ3) is 3.30. The first kappa shape index (κ1) is 12.6. The van der Waals surface area contributed by atoms with Crippen LogP contribution in [0.3, 0.4) is 0 Å². The van der Waals surface area contributed by atoms with E-state index in [2.05, 4.69) is 15.3 Å². The van der Waals surface area contributed by atoms with Crippen molar-refractivity contribution >= 4 is 17.5 Å². The summed E-state index contributed by atoms with van der Waals surface area (Å²) in [6.07, 6.45) is 8.97. The molecule has 0 radical (unpaired) electrons. The van der Waals surface area contributed by atoms with Gasteiger partial charge in [0.2, 0.25) is 5.95 Å². The Morgan fingerprint density at radius 3 is 2.47 bits per heavy atom. The second-order valence-electron chi connectivity index (χ2n) is 4.80. The number of hydrogen-bond donors (Lipinski definition) is 2. The van der Waals surface area contributed by atoms with E-state index in [4.69, 9.17) is 11.6 Å². The van der Waals surface area contributed by atoms with Gasteiger partial charge in [0.1, 0.15) is 0 Å². The van der Waals surface area contributed by atoms with E-state index in [1.54, 1.807) is 12.4 Å². The van der Waals surface area contributed by atoms with Crippen molar-refractivity contribution in [2.45, 2.75) is 32.1 Å². The molecule has 17 heavy (non-hydrogen) atoms. The van der Waals surface area contributed by atoms with Crippen molar-refractivity contribution in [1.29, 1.82) is 0 Å². The summed E-state index contributed by atoms with van der Waals surface area (Å²) < 4.78 is 0. The normalized spacial score (nSPS) is 18.9. The average molecular weight is 256 g/mol. The van der Waals surface area contributed by atoms with E-state index >= 15 is 0 Å². The van der Waals surface area contributed by atoms with Crippen LogP contribution in [-0.2, 0) is 0 Å². The molecule has 1 heterocycles. The molecule has 0 unspecified atom stereocenters. The van der Waals surface area contributed by atoms with E-state index in [1.165, 1.54) is 19.3 Å². The fourth-order valence-corrected chi connectivity index (χ4v) is 2.46. The van der Waals surface area contributed by atoms with Gasteiger partial charge >= 0.3 is 0 Å². The van der Waals surface area contributed by atoms with Crippen molar-refractivity contribution < 1.29 is 5.11 Å². The van der Waals surface area contributed by atoms with Crippen LogP contribution in [0.4, 0.5) is 5.95 Å². The van der Waals surface area contributed by atoms with Crippen molar-refractivity contribution in [2.75, 3.05) is 18.5 Å². The number of anilines is 1. The topological polar surface area (TPSA) is 58.0 Å². The molecule has 1 aromatic heterocycles. The summed E-state index contributed by atoms with van der Waals surface area (Å²) in [5, 5.41) is 13.3. The number of aromatic nitrogens is 2. The van der Waals surface area contributed by atoms with E-state index in [1.807, 2.05) is 0 Å². The third-order valence-electron chi connectivity index (χ3n) is 3.49. The molecule has 4 nitrogen and oxygen atoms in total. The highest BCUT2D eigenvalue weighted by atomic mass is 35.5. The molecule has 0 bridgehead atoms. The van der Waals surface area contributed by atoms with Crippen LogP contribution >= 0.6 is 11.6 Å².